The van der Waals surface area contributed by atoms with Crippen LogP contribution in [0.2, 0.25) is 0 Å². The van der Waals surface area contributed by atoms with Gasteiger partial charge in [-0.15, -0.1) is 5.10 Å². The van der Waals surface area contributed by atoms with Gasteiger partial charge in [0.05, 0.1) is 14.2 Å². The van der Waals surface area contributed by atoms with Gasteiger partial charge in [-0.2, -0.15) is 0 Å². The minimum absolute atomic E-state index is 0.0330. The van der Waals surface area contributed by atoms with Crippen LogP contribution in [0.1, 0.15) is 10.4 Å². The molecule has 1 saturated heterocycles. The van der Waals surface area contributed by atoms with Gasteiger partial charge >= 0.3 is 0 Å². The molecule has 0 unspecified atom stereocenters. The van der Waals surface area contributed by atoms with E-state index >= 15 is 0 Å². The average Bonchev–Trinajstić information content (AvgIpc) is 3.02. The van der Waals surface area contributed by atoms with E-state index < -0.39 is 0 Å². The molecule has 0 aliphatic carbocycles. The molecule has 1 aromatic heterocycles. The van der Waals surface area contributed by atoms with Crippen molar-refractivity contribution in [1.82, 2.24) is 14.7 Å². The summed E-state index contributed by atoms with van der Waals surface area (Å²) in [5.41, 5.74) is 1.65. The minimum Gasteiger partial charge on any atom is -0.497 e. The normalized spacial score (nSPS) is 14.6. The molecule has 128 valence electrons. The Morgan fingerprint density at radius 1 is 1.04 bits per heavy atom. The Kier molecular flexibility index (Phi) is 4.59. The fraction of sp³-hybridized carbons (Fsp3) is 0.412. The number of piperazine rings is 1. The Bertz CT molecular complexity index is 703. The first-order valence-corrected chi connectivity index (χ1v) is 7.88. The minimum atomic E-state index is -0.0330. The molecule has 3 rings (SSSR count). The Morgan fingerprint density at radius 3 is 2.29 bits per heavy atom. The van der Waals surface area contributed by atoms with E-state index in [0.717, 1.165) is 24.5 Å². The summed E-state index contributed by atoms with van der Waals surface area (Å²) in [6.45, 7) is 2.92. The molecule has 1 amide bonds. The number of anilines is 1. The molecule has 1 fully saturated rings. The first-order chi connectivity index (χ1) is 11.6. The van der Waals surface area contributed by atoms with Gasteiger partial charge in [-0.05, 0) is 24.3 Å². The molecule has 0 radical (unpaired) electrons. The molecule has 7 nitrogen and oxygen atoms in total. The summed E-state index contributed by atoms with van der Waals surface area (Å²) in [7, 11) is 4.97. The van der Waals surface area contributed by atoms with E-state index in [-0.39, 0.29) is 5.91 Å². The van der Waals surface area contributed by atoms with Crippen molar-refractivity contribution in [1.29, 1.82) is 0 Å². The molecule has 24 heavy (non-hydrogen) atoms. The zero-order chi connectivity index (χ0) is 17.1. The smallest absolute Gasteiger partial charge is 0.261 e. The van der Waals surface area contributed by atoms with E-state index in [0.29, 0.717) is 24.5 Å². The SMILES string of the molecule is COc1ccc(N2CCN(C(=O)c3cn(C)nc3OC)CC2)cc1. The lowest BCUT2D eigenvalue weighted by atomic mass is 10.2. The third kappa shape index (κ3) is 3.15. The molecule has 0 spiro atoms. The lowest BCUT2D eigenvalue weighted by molar-refractivity contribution is 0.0743. The van der Waals surface area contributed by atoms with Crippen LogP contribution < -0.4 is 14.4 Å². The fourth-order valence-electron chi connectivity index (χ4n) is 2.90. The van der Waals surface area contributed by atoms with Crippen LogP contribution in [-0.4, -0.2) is 61.0 Å². The van der Waals surface area contributed by atoms with Crippen LogP contribution in [0.15, 0.2) is 30.5 Å². The third-order valence-corrected chi connectivity index (χ3v) is 4.22. The van der Waals surface area contributed by atoms with Crippen molar-refractivity contribution in [3.63, 3.8) is 0 Å². The first-order valence-electron chi connectivity index (χ1n) is 7.88. The number of benzene rings is 1. The molecular weight excluding hydrogens is 308 g/mol. The number of amides is 1. The molecule has 2 aromatic rings. The van der Waals surface area contributed by atoms with Gasteiger partial charge in [0.25, 0.3) is 5.91 Å². The molecule has 1 aliphatic heterocycles. The van der Waals surface area contributed by atoms with Crippen molar-refractivity contribution in [2.24, 2.45) is 7.05 Å². The van der Waals surface area contributed by atoms with Crippen LogP contribution in [0, 0.1) is 0 Å². The number of methoxy groups -OCH3 is 2. The largest absolute Gasteiger partial charge is 0.497 e. The highest BCUT2D eigenvalue weighted by Crippen LogP contribution is 2.22. The van der Waals surface area contributed by atoms with Crippen molar-refractivity contribution < 1.29 is 14.3 Å². The Hall–Kier alpha value is -2.70. The van der Waals surface area contributed by atoms with E-state index in [2.05, 4.69) is 10.00 Å². The van der Waals surface area contributed by atoms with Crippen molar-refractivity contribution in [3.05, 3.63) is 36.0 Å². The highest BCUT2D eigenvalue weighted by atomic mass is 16.5. The maximum atomic E-state index is 12.7. The fourth-order valence-corrected chi connectivity index (χ4v) is 2.90. The van der Waals surface area contributed by atoms with E-state index in [4.69, 9.17) is 9.47 Å². The van der Waals surface area contributed by atoms with Gasteiger partial charge in [-0.1, -0.05) is 0 Å². The first kappa shape index (κ1) is 16.2. The second kappa shape index (κ2) is 6.82. The van der Waals surface area contributed by atoms with Gasteiger partial charge in [0.15, 0.2) is 0 Å². The zero-order valence-electron chi connectivity index (χ0n) is 14.2. The van der Waals surface area contributed by atoms with Gasteiger partial charge in [-0.3, -0.25) is 9.48 Å². The molecule has 2 heterocycles. The number of ether oxygens (including phenoxy) is 2. The van der Waals surface area contributed by atoms with Gasteiger partial charge in [0, 0.05) is 45.1 Å². The van der Waals surface area contributed by atoms with Gasteiger partial charge < -0.3 is 19.3 Å². The maximum Gasteiger partial charge on any atom is 0.261 e. The summed E-state index contributed by atoms with van der Waals surface area (Å²) in [6, 6.07) is 7.99. The molecule has 1 aromatic carbocycles. The van der Waals surface area contributed by atoms with Gasteiger partial charge in [-0.25, -0.2) is 0 Å². The molecule has 0 bridgehead atoms. The van der Waals surface area contributed by atoms with Crippen molar-refractivity contribution in [2.45, 2.75) is 0 Å². The summed E-state index contributed by atoms with van der Waals surface area (Å²) in [6.07, 6.45) is 1.71. The second-order valence-corrected chi connectivity index (χ2v) is 5.70. The third-order valence-electron chi connectivity index (χ3n) is 4.22. The van der Waals surface area contributed by atoms with Gasteiger partial charge in [0.2, 0.25) is 5.88 Å². The molecule has 0 N–H and O–H groups in total. The summed E-state index contributed by atoms with van der Waals surface area (Å²) in [5.74, 6) is 1.19. The van der Waals surface area contributed by atoms with Crippen LogP contribution in [0.4, 0.5) is 5.69 Å². The van der Waals surface area contributed by atoms with Crippen LogP contribution in [0.25, 0.3) is 0 Å². The molecular formula is C17H22N4O3. The lowest BCUT2D eigenvalue weighted by Crippen LogP contribution is -2.48. The zero-order valence-corrected chi connectivity index (χ0v) is 14.2. The Labute approximate surface area is 141 Å². The summed E-state index contributed by atoms with van der Waals surface area (Å²) < 4.78 is 12.0. The van der Waals surface area contributed by atoms with Crippen LogP contribution in [-0.2, 0) is 7.05 Å². The van der Waals surface area contributed by atoms with E-state index in [9.17, 15) is 4.79 Å². The molecule has 7 heteroatoms. The number of carbonyl (C=O) groups is 1. The van der Waals surface area contributed by atoms with Crippen molar-refractivity contribution in [3.8, 4) is 11.6 Å². The Balaban J connectivity index is 1.64. The number of carbonyl (C=O) groups excluding carboxylic acids is 1. The monoisotopic (exact) mass is 330 g/mol. The summed E-state index contributed by atoms with van der Waals surface area (Å²) in [4.78, 5) is 16.8. The highest BCUT2D eigenvalue weighted by molar-refractivity contribution is 5.96. The number of hydrogen-bond donors (Lipinski definition) is 0. The van der Waals surface area contributed by atoms with Crippen LogP contribution in [0.5, 0.6) is 11.6 Å². The molecule has 1 aliphatic rings. The topological polar surface area (TPSA) is 59.8 Å². The van der Waals surface area contributed by atoms with E-state index in [1.54, 1.807) is 25.0 Å². The summed E-state index contributed by atoms with van der Waals surface area (Å²) in [5, 5.41) is 4.15. The Morgan fingerprint density at radius 2 is 1.71 bits per heavy atom. The molecule has 0 saturated carbocycles. The van der Waals surface area contributed by atoms with E-state index in [1.807, 2.05) is 29.2 Å². The van der Waals surface area contributed by atoms with Gasteiger partial charge in [0.1, 0.15) is 11.3 Å². The number of hydrogen-bond acceptors (Lipinski definition) is 5. The number of nitrogens with zero attached hydrogens (tertiary/aromatic N) is 4. The number of aromatic nitrogens is 2. The average molecular weight is 330 g/mol. The lowest BCUT2D eigenvalue weighted by Gasteiger charge is -2.36. The quantitative estimate of drug-likeness (QED) is 0.848. The second-order valence-electron chi connectivity index (χ2n) is 5.70. The molecule has 0 atom stereocenters. The maximum absolute atomic E-state index is 12.7. The standard InChI is InChI=1S/C17H22N4O3/c1-19-12-15(16(18-19)24-3)17(22)21-10-8-20(9-11-21)13-4-6-14(23-2)7-5-13/h4-7,12H,8-11H2,1-3H3. The van der Waals surface area contributed by atoms with Crippen LogP contribution >= 0.6 is 0 Å². The number of rotatable bonds is 4. The van der Waals surface area contributed by atoms with E-state index in [1.165, 1.54) is 7.11 Å². The van der Waals surface area contributed by atoms with Crippen molar-refractivity contribution >= 4 is 11.6 Å². The predicted octanol–water partition coefficient (Wildman–Crippen LogP) is 1.40. The number of aryl methyl sites for hydroxylation is 1. The van der Waals surface area contributed by atoms with Crippen molar-refractivity contribution in [2.75, 3.05) is 45.3 Å². The highest BCUT2D eigenvalue weighted by Gasteiger charge is 2.26. The summed E-state index contributed by atoms with van der Waals surface area (Å²) >= 11 is 0. The van der Waals surface area contributed by atoms with Crippen LogP contribution in [0.3, 0.4) is 0 Å². The predicted molar refractivity (Wildman–Crippen MR) is 90.9 cm³/mol.